The molecule has 0 spiro atoms. The standard InChI is InChI=1S/C20H23N3O4S.C6H5F/c1-12-15(17(24)26-3)16(23-19-21-10-11-28-19)20(13(2)22-12,18(25)27-4)14-8-6-5-7-9-14;7-6-4-2-1-3-5-6/h5-11,13,16,22H,1-4H3,(H,21,23);1-5H. The lowest BCUT2D eigenvalue weighted by molar-refractivity contribution is -0.149. The van der Waals surface area contributed by atoms with E-state index in [0.29, 0.717) is 16.4 Å². The van der Waals surface area contributed by atoms with Crippen LogP contribution in [-0.4, -0.2) is 43.2 Å². The number of esters is 2. The largest absolute Gasteiger partial charge is 0.468 e. The van der Waals surface area contributed by atoms with Crippen molar-refractivity contribution in [1.82, 2.24) is 10.3 Å². The minimum atomic E-state index is -1.22. The van der Waals surface area contributed by atoms with Crippen LogP contribution in [0.1, 0.15) is 19.4 Å². The molecule has 0 aliphatic carbocycles. The number of ether oxygens (including phenoxy) is 2. The SMILES string of the molecule is COC(=O)C1=C(C)NC(C)C(C(=O)OC)(c2ccccc2)C1Nc1nccs1.Fc1ccccc1. The van der Waals surface area contributed by atoms with Gasteiger partial charge in [0.2, 0.25) is 0 Å². The molecule has 0 bridgehead atoms. The van der Waals surface area contributed by atoms with Crippen molar-refractivity contribution in [1.29, 1.82) is 0 Å². The predicted octanol–water partition coefficient (Wildman–Crippen LogP) is 4.30. The number of nitrogens with one attached hydrogen (secondary N) is 2. The fourth-order valence-corrected chi connectivity index (χ4v) is 4.88. The second kappa shape index (κ2) is 11.6. The zero-order valence-electron chi connectivity index (χ0n) is 19.9. The van der Waals surface area contributed by atoms with Gasteiger partial charge in [-0.05, 0) is 31.5 Å². The van der Waals surface area contributed by atoms with E-state index in [1.165, 1.54) is 37.7 Å². The van der Waals surface area contributed by atoms with Gasteiger partial charge >= 0.3 is 11.9 Å². The highest BCUT2D eigenvalue weighted by Crippen LogP contribution is 2.42. The number of benzene rings is 2. The molecule has 184 valence electrons. The van der Waals surface area contributed by atoms with Crippen LogP contribution in [0.3, 0.4) is 0 Å². The molecule has 0 amide bonds. The molecule has 3 atom stereocenters. The fraction of sp³-hybridized carbons (Fsp3) is 0.269. The van der Waals surface area contributed by atoms with Gasteiger partial charge in [-0.1, -0.05) is 48.5 Å². The summed E-state index contributed by atoms with van der Waals surface area (Å²) in [6.07, 6.45) is 1.66. The molecule has 1 aromatic heterocycles. The minimum absolute atomic E-state index is 0.178. The fourth-order valence-electron chi connectivity index (χ4n) is 4.32. The Labute approximate surface area is 208 Å². The third kappa shape index (κ3) is 5.35. The van der Waals surface area contributed by atoms with Crippen LogP contribution in [0, 0.1) is 5.82 Å². The molecule has 35 heavy (non-hydrogen) atoms. The van der Waals surface area contributed by atoms with Crippen LogP contribution < -0.4 is 10.6 Å². The molecule has 2 N–H and O–H groups in total. The van der Waals surface area contributed by atoms with Crippen molar-refractivity contribution >= 4 is 28.4 Å². The number of nitrogens with zero attached hydrogens (tertiary/aromatic N) is 1. The molecule has 2 aromatic carbocycles. The Balaban J connectivity index is 0.000000420. The number of hydrogen-bond donors (Lipinski definition) is 2. The average molecular weight is 498 g/mol. The third-order valence-electron chi connectivity index (χ3n) is 5.88. The maximum atomic E-state index is 13.3. The third-order valence-corrected chi connectivity index (χ3v) is 6.58. The second-order valence-electron chi connectivity index (χ2n) is 7.83. The van der Waals surface area contributed by atoms with Gasteiger partial charge in [0.25, 0.3) is 0 Å². The highest BCUT2D eigenvalue weighted by molar-refractivity contribution is 7.13. The summed E-state index contributed by atoms with van der Waals surface area (Å²) in [6.45, 7) is 3.70. The molecule has 0 saturated carbocycles. The van der Waals surface area contributed by atoms with Crippen LogP contribution in [0.15, 0.2) is 83.5 Å². The predicted molar refractivity (Wildman–Crippen MR) is 133 cm³/mol. The quantitative estimate of drug-likeness (QED) is 0.508. The van der Waals surface area contributed by atoms with E-state index in [-0.39, 0.29) is 11.9 Å². The number of carbonyl (C=O) groups is 2. The summed E-state index contributed by atoms with van der Waals surface area (Å²) in [7, 11) is 2.67. The molecular weight excluding hydrogens is 469 g/mol. The molecule has 0 saturated heterocycles. The summed E-state index contributed by atoms with van der Waals surface area (Å²) < 4.78 is 22.2. The molecule has 0 radical (unpaired) electrons. The van der Waals surface area contributed by atoms with E-state index >= 15 is 0 Å². The molecule has 1 aliphatic rings. The number of rotatable bonds is 5. The van der Waals surface area contributed by atoms with Crippen LogP contribution in [-0.2, 0) is 24.5 Å². The molecule has 0 fully saturated rings. The van der Waals surface area contributed by atoms with Gasteiger partial charge in [0.05, 0.1) is 25.8 Å². The first-order valence-electron chi connectivity index (χ1n) is 10.9. The normalized spacial score (nSPS) is 21.2. The van der Waals surface area contributed by atoms with E-state index in [4.69, 9.17) is 9.47 Å². The Kier molecular flexibility index (Phi) is 8.59. The lowest BCUT2D eigenvalue weighted by Crippen LogP contribution is -2.65. The van der Waals surface area contributed by atoms with Crippen LogP contribution >= 0.6 is 11.3 Å². The summed E-state index contributed by atoms with van der Waals surface area (Å²) in [6, 6.07) is 16.1. The number of methoxy groups -OCH3 is 2. The van der Waals surface area contributed by atoms with Crippen molar-refractivity contribution in [3.8, 4) is 0 Å². The van der Waals surface area contributed by atoms with E-state index in [9.17, 15) is 14.0 Å². The maximum Gasteiger partial charge on any atom is 0.337 e. The van der Waals surface area contributed by atoms with E-state index in [1.54, 1.807) is 31.3 Å². The lowest BCUT2D eigenvalue weighted by Gasteiger charge is -2.47. The van der Waals surface area contributed by atoms with E-state index in [1.807, 2.05) is 42.6 Å². The minimum Gasteiger partial charge on any atom is -0.468 e. The van der Waals surface area contributed by atoms with Crippen LogP contribution in [0.2, 0.25) is 0 Å². The van der Waals surface area contributed by atoms with E-state index in [0.717, 1.165) is 5.56 Å². The van der Waals surface area contributed by atoms with E-state index in [2.05, 4.69) is 15.6 Å². The first-order valence-corrected chi connectivity index (χ1v) is 11.8. The monoisotopic (exact) mass is 497 g/mol. The number of halogens is 1. The van der Waals surface area contributed by atoms with Gasteiger partial charge in [-0.25, -0.2) is 14.2 Å². The Bertz CT molecular complexity index is 1160. The number of allylic oxidation sites excluding steroid dienone is 1. The highest BCUT2D eigenvalue weighted by atomic mass is 32.1. The number of anilines is 1. The van der Waals surface area contributed by atoms with E-state index < -0.39 is 23.4 Å². The number of aromatic nitrogens is 1. The lowest BCUT2D eigenvalue weighted by atomic mass is 9.64. The van der Waals surface area contributed by atoms with Gasteiger partial charge in [0.15, 0.2) is 5.13 Å². The zero-order valence-corrected chi connectivity index (χ0v) is 20.8. The summed E-state index contributed by atoms with van der Waals surface area (Å²) >= 11 is 1.39. The second-order valence-corrected chi connectivity index (χ2v) is 8.73. The average Bonchev–Trinajstić information content (AvgIpc) is 3.38. The molecule has 2 heterocycles. The molecule has 3 unspecified atom stereocenters. The summed E-state index contributed by atoms with van der Waals surface area (Å²) in [5.41, 5.74) is 0.490. The number of thiazole rings is 1. The van der Waals surface area contributed by atoms with Crippen molar-refractivity contribution in [3.63, 3.8) is 0 Å². The Hall–Kier alpha value is -3.72. The molecular formula is C26H28FN3O4S. The topological polar surface area (TPSA) is 89.5 Å². The first kappa shape index (κ1) is 25.9. The van der Waals surface area contributed by atoms with Crippen molar-refractivity contribution in [2.45, 2.75) is 31.3 Å². The molecule has 9 heteroatoms. The zero-order chi connectivity index (χ0) is 25.4. The van der Waals surface area contributed by atoms with Crippen LogP contribution in [0.25, 0.3) is 0 Å². The Morgan fingerprint density at radius 2 is 1.69 bits per heavy atom. The summed E-state index contributed by atoms with van der Waals surface area (Å²) in [5.74, 6) is -1.15. The van der Waals surface area contributed by atoms with Crippen molar-refractivity contribution in [2.24, 2.45) is 0 Å². The number of carbonyl (C=O) groups excluding carboxylic acids is 2. The van der Waals surface area contributed by atoms with Crippen molar-refractivity contribution in [2.75, 3.05) is 19.5 Å². The van der Waals surface area contributed by atoms with Gasteiger partial charge in [-0.2, -0.15) is 0 Å². The molecule has 4 rings (SSSR count). The Morgan fingerprint density at radius 1 is 1.06 bits per heavy atom. The molecule has 3 aromatic rings. The van der Waals surface area contributed by atoms with Crippen molar-refractivity contribution in [3.05, 3.63) is 94.9 Å². The van der Waals surface area contributed by atoms with Gasteiger partial charge in [0.1, 0.15) is 11.2 Å². The highest BCUT2D eigenvalue weighted by Gasteiger charge is 2.58. The summed E-state index contributed by atoms with van der Waals surface area (Å²) in [4.78, 5) is 30.3. The molecule has 1 aliphatic heterocycles. The first-order chi connectivity index (χ1) is 16.9. The van der Waals surface area contributed by atoms with Crippen LogP contribution in [0.4, 0.5) is 9.52 Å². The van der Waals surface area contributed by atoms with Gasteiger partial charge < -0.3 is 20.1 Å². The smallest absolute Gasteiger partial charge is 0.337 e. The van der Waals surface area contributed by atoms with Crippen LogP contribution in [0.5, 0.6) is 0 Å². The number of hydrogen-bond acceptors (Lipinski definition) is 8. The Morgan fingerprint density at radius 3 is 2.17 bits per heavy atom. The van der Waals surface area contributed by atoms with Gasteiger partial charge in [0, 0.05) is 23.3 Å². The maximum absolute atomic E-state index is 13.3. The van der Waals surface area contributed by atoms with Gasteiger partial charge in [-0.15, -0.1) is 11.3 Å². The van der Waals surface area contributed by atoms with Gasteiger partial charge in [-0.3, -0.25) is 4.79 Å². The molecule has 7 nitrogen and oxygen atoms in total. The van der Waals surface area contributed by atoms with Crippen molar-refractivity contribution < 1.29 is 23.5 Å². The summed E-state index contributed by atoms with van der Waals surface area (Å²) in [5, 5.41) is 9.00.